The van der Waals surface area contributed by atoms with Gasteiger partial charge in [0.05, 0.1) is 32.8 Å². The highest BCUT2D eigenvalue weighted by Gasteiger charge is 2.51. The third-order valence-electron chi connectivity index (χ3n) is 6.57. The number of aliphatic hydroxyl groups excluding tert-OH is 1. The van der Waals surface area contributed by atoms with Crippen molar-refractivity contribution in [1.29, 1.82) is 0 Å². The lowest BCUT2D eigenvalue weighted by atomic mass is 9.65. The number of ether oxygens (including phenoxy) is 3. The van der Waals surface area contributed by atoms with Crippen molar-refractivity contribution in [3.05, 3.63) is 52.1 Å². The van der Waals surface area contributed by atoms with E-state index in [2.05, 4.69) is 0 Å². The average Bonchev–Trinajstić information content (AvgIpc) is 3.15. The number of methoxy groups -OCH3 is 2. The summed E-state index contributed by atoms with van der Waals surface area (Å²) in [6.07, 6.45) is 0.577. The minimum absolute atomic E-state index is 0.120. The lowest BCUT2D eigenvalue weighted by Gasteiger charge is -2.37. The van der Waals surface area contributed by atoms with Crippen LogP contribution in [0.15, 0.2) is 24.3 Å². The van der Waals surface area contributed by atoms with E-state index in [4.69, 9.17) is 14.2 Å². The number of aryl methyl sites for hydroxylation is 2. The number of hydrogen-bond donors (Lipinski definition) is 2. The van der Waals surface area contributed by atoms with Gasteiger partial charge in [-0.05, 0) is 52.8 Å². The van der Waals surface area contributed by atoms with Crippen LogP contribution < -0.4 is 9.47 Å². The van der Waals surface area contributed by atoms with E-state index in [1.807, 2.05) is 32.0 Å². The number of aliphatic hydroxyl groups is 1. The van der Waals surface area contributed by atoms with Gasteiger partial charge in [-0.3, -0.25) is 4.79 Å². The van der Waals surface area contributed by atoms with Gasteiger partial charge in [0.1, 0.15) is 5.75 Å². The van der Waals surface area contributed by atoms with Crippen molar-refractivity contribution < 1.29 is 29.2 Å². The average molecular weight is 412 g/mol. The van der Waals surface area contributed by atoms with E-state index in [9.17, 15) is 15.0 Å². The number of fused-ring (bicyclic) bond motifs is 2. The SMILES string of the molecule is CCc1cc2c(cc1OC)[C@@H](O)[C@H]1COC(=O)[C@@H]1[C@@H]2c1cc(CC)c(O)c(OC)c1. The summed E-state index contributed by atoms with van der Waals surface area (Å²) < 4.78 is 16.4. The molecule has 6 heteroatoms. The van der Waals surface area contributed by atoms with E-state index in [0.717, 1.165) is 40.0 Å². The molecule has 160 valence electrons. The standard InChI is InChI=1S/C24H28O6/c1-5-12-8-15-16(10-18(12)28-3)23(26)17-11-30-24(27)21(17)20(15)14-7-13(6-2)22(25)19(9-14)29-4/h7-10,17,20-21,23,25-26H,5-6,11H2,1-4H3/t17-,20+,21-,23+/m0/s1. The second-order valence-corrected chi connectivity index (χ2v) is 7.97. The van der Waals surface area contributed by atoms with Crippen LogP contribution >= 0.6 is 0 Å². The normalized spacial score (nSPS) is 24.8. The molecule has 1 fully saturated rings. The van der Waals surface area contributed by atoms with Crippen molar-refractivity contribution in [2.24, 2.45) is 11.8 Å². The fourth-order valence-corrected chi connectivity index (χ4v) is 4.98. The molecule has 1 aliphatic heterocycles. The van der Waals surface area contributed by atoms with Crippen LogP contribution in [0.1, 0.15) is 53.7 Å². The molecule has 0 radical (unpaired) electrons. The maximum absolute atomic E-state index is 12.8. The first kappa shape index (κ1) is 20.5. The molecule has 2 aromatic rings. The number of aromatic hydroxyl groups is 1. The molecule has 0 aromatic heterocycles. The summed E-state index contributed by atoms with van der Waals surface area (Å²) in [4.78, 5) is 12.8. The first-order valence-corrected chi connectivity index (χ1v) is 10.4. The molecule has 2 N–H and O–H groups in total. The van der Waals surface area contributed by atoms with E-state index < -0.39 is 12.0 Å². The van der Waals surface area contributed by atoms with Gasteiger partial charge in [0.25, 0.3) is 0 Å². The Morgan fingerprint density at radius 2 is 1.70 bits per heavy atom. The summed E-state index contributed by atoms with van der Waals surface area (Å²) >= 11 is 0. The summed E-state index contributed by atoms with van der Waals surface area (Å²) in [5.41, 5.74) is 4.30. The van der Waals surface area contributed by atoms with Crippen LogP contribution in [0.4, 0.5) is 0 Å². The van der Waals surface area contributed by atoms with Crippen LogP contribution in [-0.4, -0.2) is 37.0 Å². The maximum Gasteiger partial charge on any atom is 0.310 e. The highest BCUT2D eigenvalue weighted by Crippen LogP contribution is 2.53. The molecule has 30 heavy (non-hydrogen) atoms. The van der Waals surface area contributed by atoms with E-state index in [1.165, 1.54) is 7.11 Å². The number of cyclic esters (lactones) is 1. The number of phenols is 1. The van der Waals surface area contributed by atoms with Crippen molar-refractivity contribution in [2.75, 3.05) is 20.8 Å². The first-order valence-electron chi connectivity index (χ1n) is 10.4. The quantitative estimate of drug-likeness (QED) is 0.731. The van der Waals surface area contributed by atoms with E-state index in [-0.39, 0.29) is 30.2 Å². The summed E-state index contributed by atoms with van der Waals surface area (Å²) in [6, 6.07) is 7.65. The largest absolute Gasteiger partial charge is 0.504 e. The van der Waals surface area contributed by atoms with Crippen LogP contribution in [0.25, 0.3) is 0 Å². The third kappa shape index (κ3) is 3.01. The van der Waals surface area contributed by atoms with Crippen molar-refractivity contribution in [3.63, 3.8) is 0 Å². The van der Waals surface area contributed by atoms with E-state index in [1.54, 1.807) is 13.2 Å². The number of phenolic OH excluding ortho intramolecular Hbond substituents is 1. The van der Waals surface area contributed by atoms with Crippen LogP contribution in [0.5, 0.6) is 17.2 Å². The molecule has 2 aromatic carbocycles. The Kier molecular flexibility index (Phi) is 5.36. The molecule has 4 atom stereocenters. The number of rotatable bonds is 5. The number of carbonyl (C=O) groups is 1. The van der Waals surface area contributed by atoms with Crippen molar-refractivity contribution in [1.82, 2.24) is 0 Å². The Labute approximate surface area is 176 Å². The molecule has 0 bridgehead atoms. The zero-order valence-electron chi connectivity index (χ0n) is 17.8. The van der Waals surface area contributed by atoms with Crippen LogP contribution in [-0.2, 0) is 22.4 Å². The van der Waals surface area contributed by atoms with Gasteiger partial charge in [-0.1, -0.05) is 26.0 Å². The zero-order chi connectivity index (χ0) is 21.6. The lowest BCUT2D eigenvalue weighted by Crippen LogP contribution is -2.35. The topological polar surface area (TPSA) is 85.2 Å². The third-order valence-corrected chi connectivity index (χ3v) is 6.57. The number of benzene rings is 2. The van der Waals surface area contributed by atoms with Gasteiger partial charge in [0.2, 0.25) is 0 Å². The lowest BCUT2D eigenvalue weighted by molar-refractivity contribution is -0.141. The molecular formula is C24H28O6. The fourth-order valence-electron chi connectivity index (χ4n) is 4.98. The zero-order valence-corrected chi connectivity index (χ0v) is 17.8. The molecule has 0 amide bonds. The van der Waals surface area contributed by atoms with Crippen molar-refractivity contribution in [3.8, 4) is 17.2 Å². The van der Waals surface area contributed by atoms with Crippen LogP contribution in [0, 0.1) is 11.8 Å². The summed E-state index contributed by atoms with van der Waals surface area (Å²) in [5.74, 6) is -0.205. The summed E-state index contributed by atoms with van der Waals surface area (Å²) in [5, 5.41) is 21.6. The predicted octanol–water partition coefficient (Wildman–Crippen LogP) is 3.50. The van der Waals surface area contributed by atoms with E-state index >= 15 is 0 Å². The molecular weight excluding hydrogens is 384 g/mol. The Morgan fingerprint density at radius 1 is 1.00 bits per heavy atom. The number of hydrogen-bond acceptors (Lipinski definition) is 6. The molecule has 6 nitrogen and oxygen atoms in total. The molecule has 0 saturated carbocycles. The minimum atomic E-state index is -0.808. The molecule has 0 unspecified atom stereocenters. The highest BCUT2D eigenvalue weighted by atomic mass is 16.5. The first-order chi connectivity index (χ1) is 14.4. The van der Waals surface area contributed by atoms with Gasteiger partial charge in [-0.15, -0.1) is 0 Å². The van der Waals surface area contributed by atoms with Gasteiger partial charge in [0.15, 0.2) is 11.5 Å². The maximum atomic E-state index is 12.8. The molecule has 1 saturated heterocycles. The minimum Gasteiger partial charge on any atom is -0.504 e. The Balaban J connectivity index is 1.98. The van der Waals surface area contributed by atoms with Crippen molar-refractivity contribution >= 4 is 5.97 Å². The van der Waals surface area contributed by atoms with Gasteiger partial charge in [0, 0.05) is 11.8 Å². The van der Waals surface area contributed by atoms with Crippen LogP contribution in [0.2, 0.25) is 0 Å². The Hall–Kier alpha value is -2.73. The fraction of sp³-hybridized carbons (Fsp3) is 0.458. The Morgan fingerprint density at radius 3 is 2.33 bits per heavy atom. The molecule has 1 aliphatic carbocycles. The summed E-state index contributed by atoms with van der Waals surface area (Å²) in [6.45, 7) is 4.20. The van der Waals surface area contributed by atoms with Gasteiger partial charge < -0.3 is 24.4 Å². The molecule has 2 aliphatic rings. The van der Waals surface area contributed by atoms with Gasteiger partial charge in [-0.2, -0.15) is 0 Å². The predicted molar refractivity (Wildman–Crippen MR) is 111 cm³/mol. The van der Waals surface area contributed by atoms with E-state index in [0.29, 0.717) is 12.2 Å². The Bertz CT molecular complexity index is 957. The molecule has 4 rings (SSSR count). The number of carbonyl (C=O) groups excluding carboxylic acids is 1. The highest BCUT2D eigenvalue weighted by molar-refractivity contribution is 5.78. The second-order valence-electron chi connectivity index (χ2n) is 7.97. The van der Waals surface area contributed by atoms with Crippen LogP contribution in [0.3, 0.4) is 0 Å². The van der Waals surface area contributed by atoms with Gasteiger partial charge >= 0.3 is 5.97 Å². The number of esters is 1. The monoisotopic (exact) mass is 412 g/mol. The smallest absolute Gasteiger partial charge is 0.310 e. The second kappa shape index (κ2) is 7.84. The van der Waals surface area contributed by atoms with Crippen molar-refractivity contribution in [2.45, 2.75) is 38.7 Å². The molecule has 1 heterocycles. The van der Waals surface area contributed by atoms with Gasteiger partial charge in [-0.25, -0.2) is 0 Å². The summed E-state index contributed by atoms with van der Waals surface area (Å²) in [7, 11) is 3.14. The molecule has 0 spiro atoms.